The SMILES string of the molecule is COC(=O)c1ccc(C2(O)CNC2)s1. The number of hydrogen-bond donors (Lipinski definition) is 2. The van der Waals surface area contributed by atoms with Crippen LogP contribution >= 0.6 is 11.3 Å². The van der Waals surface area contributed by atoms with Gasteiger partial charge in [0.25, 0.3) is 0 Å². The van der Waals surface area contributed by atoms with Crippen LogP contribution in [-0.4, -0.2) is 31.3 Å². The zero-order valence-electron chi connectivity index (χ0n) is 7.74. The molecule has 1 aliphatic rings. The van der Waals surface area contributed by atoms with Crippen LogP contribution in [-0.2, 0) is 10.3 Å². The average molecular weight is 213 g/mol. The Morgan fingerprint density at radius 1 is 1.64 bits per heavy atom. The van der Waals surface area contributed by atoms with Gasteiger partial charge in [-0.25, -0.2) is 4.79 Å². The van der Waals surface area contributed by atoms with Crippen LogP contribution in [0.3, 0.4) is 0 Å². The number of carbonyl (C=O) groups excluding carboxylic acids is 1. The van der Waals surface area contributed by atoms with Crippen LogP contribution in [0.4, 0.5) is 0 Å². The van der Waals surface area contributed by atoms with E-state index in [1.165, 1.54) is 18.4 Å². The van der Waals surface area contributed by atoms with Crippen LogP contribution in [0.5, 0.6) is 0 Å². The number of β-amino-alcohol motifs (C(OH)–C–C–N with tert-alkyl or cyclic N) is 1. The lowest BCUT2D eigenvalue weighted by molar-refractivity contribution is -0.0112. The largest absolute Gasteiger partial charge is 0.465 e. The molecule has 0 atom stereocenters. The molecule has 0 aromatic carbocycles. The molecule has 2 heterocycles. The minimum Gasteiger partial charge on any atom is -0.465 e. The summed E-state index contributed by atoms with van der Waals surface area (Å²) in [5.74, 6) is -0.350. The highest BCUT2D eigenvalue weighted by Crippen LogP contribution is 2.31. The molecule has 1 aromatic rings. The van der Waals surface area contributed by atoms with Gasteiger partial charge in [0.2, 0.25) is 0 Å². The zero-order valence-corrected chi connectivity index (χ0v) is 8.56. The van der Waals surface area contributed by atoms with Gasteiger partial charge in [-0.3, -0.25) is 0 Å². The second-order valence-corrected chi connectivity index (χ2v) is 4.37. The van der Waals surface area contributed by atoms with E-state index in [1.54, 1.807) is 12.1 Å². The Hall–Kier alpha value is -0.910. The highest BCUT2D eigenvalue weighted by atomic mass is 32.1. The normalized spacial score (nSPS) is 18.7. The Kier molecular flexibility index (Phi) is 2.30. The molecule has 0 spiro atoms. The van der Waals surface area contributed by atoms with Gasteiger partial charge in [0.1, 0.15) is 10.5 Å². The van der Waals surface area contributed by atoms with E-state index in [2.05, 4.69) is 10.1 Å². The second kappa shape index (κ2) is 3.34. The summed E-state index contributed by atoms with van der Waals surface area (Å²) in [5, 5.41) is 12.9. The number of ether oxygens (including phenoxy) is 1. The fourth-order valence-corrected chi connectivity index (χ4v) is 2.34. The number of carbonyl (C=O) groups is 1. The summed E-state index contributed by atoms with van der Waals surface area (Å²) in [5.41, 5.74) is -0.781. The Morgan fingerprint density at radius 2 is 2.36 bits per heavy atom. The lowest BCUT2D eigenvalue weighted by Gasteiger charge is -2.36. The minimum atomic E-state index is -0.781. The maximum Gasteiger partial charge on any atom is 0.348 e. The van der Waals surface area contributed by atoms with E-state index in [-0.39, 0.29) is 5.97 Å². The van der Waals surface area contributed by atoms with Crippen LogP contribution in [0, 0.1) is 0 Å². The lowest BCUT2D eigenvalue weighted by atomic mass is 9.95. The van der Waals surface area contributed by atoms with Gasteiger partial charge in [0, 0.05) is 18.0 Å². The first-order chi connectivity index (χ1) is 6.65. The minimum absolute atomic E-state index is 0.350. The van der Waals surface area contributed by atoms with Crippen LogP contribution in [0.25, 0.3) is 0 Å². The van der Waals surface area contributed by atoms with Crippen molar-refractivity contribution in [1.82, 2.24) is 5.32 Å². The van der Waals surface area contributed by atoms with Crippen molar-refractivity contribution in [3.05, 3.63) is 21.9 Å². The van der Waals surface area contributed by atoms with Crippen molar-refractivity contribution in [3.63, 3.8) is 0 Å². The van der Waals surface area contributed by atoms with Gasteiger partial charge in [-0.2, -0.15) is 0 Å². The second-order valence-electron chi connectivity index (χ2n) is 3.29. The van der Waals surface area contributed by atoms with Crippen LogP contribution in [0.1, 0.15) is 14.5 Å². The molecule has 0 saturated carbocycles. The smallest absolute Gasteiger partial charge is 0.348 e. The van der Waals surface area contributed by atoms with Crippen molar-refractivity contribution in [2.24, 2.45) is 0 Å². The molecule has 1 saturated heterocycles. The summed E-state index contributed by atoms with van der Waals surface area (Å²) < 4.78 is 4.59. The van der Waals surface area contributed by atoms with Gasteiger partial charge in [-0.05, 0) is 12.1 Å². The van der Waals surface area contributed by atoms with Crippen molar-refractivity contribution in [2.75, 3.05) is 20.2 Å². The predicted molar refractivity (Wildman–Crippen MR) is 52.4 cm³/mol. The van der Waals surface area contributed by atoms with E-state index in [4.69, 9.17) is 0 Å². The van der Waals surface area contributed by atoms with E-state index in [1.807, 2.05) is 0 Å². The van der Waals surface area contributed by atoms with E-state index < -0.39 is 5.60 Å². The molecule has 2 N–H and O–H groups in total. The van der Waals surface area contributed by atoms with Gasteiger partial charge >= 0.3 is 5.97 Å². The van der Waals surface area contributed by atoms with E-state index >= 15 is 0 Å². The molecule has 0 radical (unpaired) electrons. The van der Waals surface area contributed by atoms with Crippen LogP contribution < -0.4 is 5.32 Å². The van der Waals surface area contributed by atoms with Crippen molar-refractivity contribution in [1.29, 1.82) is 0 Å². The van der Waals surface area contributed by atoms with E-state index in [0.29, 0.717) is 18.0 Å². The topological polar surface area (TPSA) is 58.6 Å². The highest BCUT2D eigenvalue weighted by Gasteiger charge is 2.37. The van der Waals surface area contributed by atoms with Gasteiger partial charge in [0.15, 0.2) is 0 Å². The summed E-state index contributed by atoms with van der Waals surface area (Å²) >= 11 is 1.28. The maximum atomic E-state index is 11.2. The molecule has 76 valence electrons. The zero-order chi connectivity index (χ0) is 10.2. The fraction of sp³-hybridized carbons (Fsp3) is 0.444. The van der Waals surface area contributed by atoms with E-state index in [0.717, 1.165) is 4.88 Å². The van der Waals surface area contributed by atoms with Crippen molar-refractivity contribution in [3.8, 4) is 0 Å². The summed E-state index contributed by atoms with van der Waals surface area (Å²) in [7, 11) is 1.35. The number of esters is 1. The summed E-state index contributed by atoms with van der Waals surface area (Å²) in [6, 6.07) is 3.46. The Bertz CT molecular complexity index is 357. The molecule has 5 heteroatoms. The van der Waals surface area contributed by atoms with E-state index in [9.17, 15) is 9.90 Å². The first-order valence-corrected chi connectivity index (χ1v) is 5.09. The molecule has 1 fully saturated rings. The molecule has 1 aliphatic heterocycles. The number of rotatable bonds is 2. The number of methoxy groups -OCH3 is 1. The highest BCUT2D eigenvalue weighted by molar-refractivity contribution is 7.14. The van der Waals surface area contributed by atoms with Crippen LogP contribution in [0.2, 0.25) is 0 Å². The third-order valence-corrected chi connectivity index (χ3v) is 3.54. The van der Waals surface area contributed by atoms with Gasteiger partial charge < -0.3 is 15.2 Å². The van der Waals surface area contributed by atoms with Crippen molar-refractivity contribution >= 4 is 17.3 Å². The third-order valence-electron chi connectivity index (χ3n) is 2.29. The first-order valence-electron chi connectivity index (χ1n) is 4.27. The lowest BCUT2D eigenvalue weighted by Crippen LogP contribution is -2.56. The molecule has 4 nitrogen and oxygen atoms in total. The van der Waals surface area contributed by atoms with Gasteiger partial charge in [0.05, 0.1) is 7.11 Å². The average Bonchev–Trinajstić information content (AvgIpc) is 2.62. The molecular weight excluding hydrogens is 202 g/mol. The first kappa shape index (κ1) is 9.64. The van der Waals surface area contributed by atoms with Gasteiger partial charge in [-0.15, -0.1) is 11.3 Å². The number of aliphatic hydroxyl groups is 1. The molecule has 14 heavy (non-hydrogen) atoms. The Morgan fingerprint density at radius 3 is 2.86 bits per heavy atom. The predicted octanol–water partition coefficient (Wildman–Crippen LogP) is 0.325. The molecule has 0 aliphatic carbocycles. The molecule has 0 bridgehead atoms. The molecule has 0 amide bonds. The number of nitrogens with one attached hydrogen (secondary N) is 1. The molecule has 0 unspecified atom stereocenters. The summed E-state index contributed by atoms with van der Waals surface area (Å²) in [4.78, 5) is 12.5. The number of hydrogen-bond acceptors (Lipinski definition) is 5. The molecular formula is C9H11NO3S. The van der Waals surface area contributed by atoms with Crippen LogP contribution in [0.15, 0.2) is 12.1 Å². The maximum absolute atomic E-state index is 11.2. The monoisotopic (exact) mass is 213 g/mol. The summed E-state index contributed by atoms with van der Waals surface area (Å²) in [6.45, 7) is 1.10. The molecule has 2 rings (SSSR count). The fourth-order valence-electron chi connectivity index (χ4n) is 1.33. The quantitative estimate of drug-likeness (QED) is 0.695. The summed E-state index contributed by atoms with van der Waals surface area (Å²) in [6.07, 6.45) is 0. The standard InChI is InChI=1S/C9H11NO3S/c1-13-8(11)6-2-3-7(14-6)9(12)4-10-5-9/h2-3,10,12H,4-5H2,1H3. The number of thiophene rings is 1. The Labute approximate surface area is 85.5 Å². The van der Waals surface area contributed by atoms with Crippen molar-refractivity contribution < 1.29 is 14.6 Å². The molecule has 1 aromatic heterocycles. The third kappa shape index (κ3) is 1.43. The Balaban J connectivity index is 2.21. The van der Waals surface area contributed by atoms with Gasteiger partial charge in [-0.1, -0.05) is 0 Å². The van der Waals surface area contributed by atoms with Crippen molar-refractivity contribution in [2.45, 2.75) is 5.60 Å².